The van der Waals surface area contributed by atoms with E-state index >= 15 is 0 Å². The van der Waals surface area contributed by atoms with E-state index in [0.29, 0.717) is 45.6 Å². The van der Waals surface area contributed by atoms with Crippen molar-refractivity contribution in [1.82, 2.24) is 0 Å². The molecule has 0 amide bonds. The lowest BCUT2D eigenvalue weighted by atomic mass is 9.57. The normalized spacial score (nSPS) is 21.4. The van der Waals surface area contributed by atoms with Gasteiger partial charge in [0.25, 0.3) is 5.69 Å². The van der Waals surface area contributed by atoms with Crippen LogP contribution in [0.25, 0.3) is 0 Å². The molecule has 1 saturated carbocycles. The summed E-state index contributed by atoms with van der Waals surface area (Å²) in [5, 5.41) is 10.8. The molecule has 0 spiro atoms. The molecular weight excluding hydrogens is 386 g/mol. The fourth-order valence-corrected chi connectivity index (χ4v) is 6.52. The average molecular weight is 422 g/mol. The number of hydrogen-bond acceptors (Lipinski definition) is 5. The number of ether oxygens (including phenoxy) is 1. The molecule has 0 saturated heterocycles. The summed E-state index contributed by atoms with van der Waals surface area (Å²) in [6.07, 6.45) is 1.47. The van der Waals surface area contributed by atoms with Crippen LogP contribution in [-0.2, 0) is 9.16 Å². The Balaban J connectivity index is 2.08. The van der Waals surface area contributed by atoms with E-state index in [4.69, 9.17) is 9.16 Å². The minimum Gasteiger partial charge on any atom is -0.459 e. The van der Waals surface area contributed by atoms with Gasteiger partial charge in [-0.1, -0.05) is 41.5 Å². The first-order chi connectivity index (χ1) is 13.5. The van der Waals surface area contributed by atoms with Gasteiger partial charge in [0.1, 0.15) is 16.6 Å². The van der Waals surface area contributed by atoms with E-state index in [2.05, 4.69) is 41.5 Å². The minimum absolute atomic E-state index is 0.0374. The summed E-state index contributed by atoms with van der Waals surface area (Å²) in [6, 6.07) is 5.55. The first kappa shape index (κ1) is 23.5. The number of carbonyl (C=O) groups excluding carboxylic acids is 1. The summed E-state index contributed by atoms with van der Waals surface area (Å²) in [5.41, 5.74) is 0.116. The predicted molar refractivity (Wildman–Crippen MR) is 117 cm³/mol. The van der Waals surface area contributed by atoms with Crippen molar-refractivity contribution in [1.29, 1.82) is 0 Å². The third kappa shape index (κ3) is 4.72. The van der Waals surface area contributed by atoms with E-state index < -0.39 is 10.9 Å². The fourth-order valence-electron chi connectivity index (χ4n) is 5.45. The van der Waals surface area contributed by atoms with Crippen LogP contribution in [0, 0.1) is 39.7 Å². The molecule has 0 aromatic heterocycles. The molecule has 1 atom stereocenters. The van der Waals surface area contributed by atoms with Crippen LogP contribution in [0.2, 0.25) is 0 Å². The zero-order valence-electron chi connectivity index (χ0n) is 18.7. The van der Waals surface area contributed by atoms with Crippen LogP contribution in [0.1, 0.15) is 64.7 Å². The van der Waals surface area contributed by atoms with Gasteiger partial charge in [0.15, 0.2) is 0 Å². The monoisotopic (exact) mass is 421 g/mol. The van der Waals surface area contributed by atoms with E-state index in [-0.39, 0.29) is 17.4 Å². The van der Waals surface area contributed by atoms with Gasteiger partial charge in [0, 0.05) is 12.1 Å². The van der Waals surface area contributed by atoms with Crippen molar-refractivity contribution >= 4 is 22.1 Å². The molecule has 0 N–H and O–H groups in total. The van der Waals surface area contributed by atoms with Crippen molar-refractivity contribution in [3.05, 3.63) is 39.9 Å². The lowest BCUT2D eigenvalue weighted by Gasteiger charge is -2.56. The highest BCUT2D eigenvalue weighted by atomic mass is 28.2. The minimum atomic E-state index is -0.481. The zero-order chi connectivity index (χ0) is 21.9. The highest BCUT2D eigenvalue weighted by molar-refractivity contribution is 5.98. The third-order valence-corrected chi connectivity index (χ3v) is 7.24. The zero-order valence-corrected chi connectivity index (χ0v) is 20.7. The Morgan fingerprint density at radius 3 is 2.00 bits per heavy atom. The van der Waals surface area contributed by atoms with Crippen molar-refractivity contribution in [2.24, 2.45) is 29.6 Å². The first-order valence-corrected chi connectivity index (χ1v) is 11.4. The largest absolute Gasteiger partial charge is 0.459 e. The van der Waals surface area contributed by atoms with Crippen LogP contribution in [0.3, 0.4) is 0 Å². The second kappa shape index (κ2) is 9.39. The lowest BCUT2D eigenvalue weighted by Crippen LogP contribution is -2.59. The van der Waals surface area contributed by atoms with Crippen LogP contribution in [0.15, 0.2) is 24.3 Å². The Labute approximate surface area is 177 Å². The molecule has 0 aliphatic heterocycles. The van der Waals surface area contributed by atoms with Crippen molar-refractivity contribution < 1.29 is 18.9 Å². The number of benzene rings is 1. The van der Waals surface area contributed by atoms with E-state index in [1.807, 2.05) is 0 Å². The molecule has 0 heterocycles. The van der Waals surface area contributed by atoms with Crippen LogP contribution < -0.4 is 0 Å². The Morgan fingerprint density at radius 2 is 1.62 bits per heavy atom. The third-order valence-electron chi connectivity index (χ3n) is 6.53. The smallest absolute Gasteiger partial charge is 0.338 e. The van der Waals surface area contributed by atoms with Crippen molar-refractivity contribution in [2.45, 2.75) is 66.1 Å². The first-order valence-electron chi connectivity index (χ1n) is 10.5. The molecule has 1 aromatic rings. The van der Waals surface area contributed by atoms with Gasteiger partial charge < -0.3 is 9.16 Å². The standard InChI is InChI=1S/C22H35NO5Si/c1-13(2)20(14(3)4)22(28-29,15(5)6)17-11-19(12-17)27-21(24)16-7-9-18(10-8-16)23(25)26/h7-10,13-15,17,19-20H,11-12H2,1-6,29H3. The van der Waals surface area contributed by atoms with Crippen LogP contribution >= 0.6 is 0 Å². The Kier molecular flexibility index (Phi) is 7.62. The molecule has 7 heteroatoms. The summed E-state index contributed by atoms with van der Waals surface area (Å²) < 4.78 is 12.1. The van der Waals surface area contributed by atoms with Crippen molar-refractivity contribution in [2.75, 3.05) is 0 Å². The SMILES string of the molecule is CC(C)C(C(C)C)C(O[SiH3])(C(C)C)C1CC(OC(=O)c2ccc([N+](=O)[O-])cc2)C1. The number of nitro groups is 1. The maximum atomic E-state index is 12.4. The van der Waals surface area contributed by atoms with Gasteiger partial charge in [-0.05, 0) is 54.6 Å². The van der Waals surface area contributed by atoms with Gasteiger partial charge in [-0.15, -0.1) is 0 Å². The molecule has 162 valence electrons. The number of rotatable bonds is 9. The Morgan fingerprint density at radius 1 is 1.10 bits per heavy atom. The Bertz CT molecular complexity index is 704. The van der Waals surface area contributed by atoms with Gasteiger partial charge in [-0.2, -0.15) is 0 Å². The van der Waals surface area contributed by atoms with E-state index in [9.17, 15) is 14.9 Å². The number of non-ortho nitro benzene ring substituents is 1. The molecule has 6 nitrogen and oxygen atoms in total. The summed E-state index contributed by atoms with van der Waals surface area (Å²) >= 11 is 0. The highest BCUT2D eigenvalue weighted by Crippen LogP contribution is 2.52. The van der Waals surface area contributed by atoms with Gasteiger partial charge in [0.05, 0.1) is 16.1 Å². The topological polar surface area (TPSA) is 78.7 Å². The molecule has 0 radical (unpaired) electrons. The number of carbonyl (C=O) groups is 1. The van der Waals surface area contributed by atoms with Gasteiger partial charge in [-0.3, -0.25) is 10.1 Å². The molecule has 1 fully saturated rings. The second-order valence-electron chi connectivity index (χ2n) is 9.23. The summed E-state index contributed by atoms with van der Waals surface area (Å²) in [5.74, 6) is 1.78. The van der Waals surface area contributed by atoms with Crippen molar-refractivity contribution in [3.8, 4) is 0 Å². The van der Waals surface area contributed by atoms with Crippen molar-refractivity contribution in [3.63, 3.8) is 0 Å². The lowest BCUT2D eigenvalue weighted by molar-refractivity contribution is -0.384. The van der Waals surface area contributed by atoms with Gasteiger partial charge >= 0.3 is 5.97 Å². The highest BCUT2D eigenvalue weighted by Gasteiger charge is 2.54. The van der Waals surface area contributed by atoms with Gasteiger partial charge in [0.2, 0.25) is 0 Å². The molecular formula is C22H35NO5Si. The molecule has 1 aliphatic rings. The second-order valence-corrected chi connectivity index (χ2v) is 9.63. The Hall–Kier alpha value is -1.73. The number of hydrogen-bond donors (Lipinski definition) is 0. The fraction of sp³-hybridized carbons (Fsp3) is 0.682. The summed E-state index contributed by atoms with van der Waals surface area (Å²) in [7, 11) is 0.676. The molecule has 29 heavy (non-hydrogen) atoms. The quantitative estimate of drug-likeness (QED) is 0.259. The molecule has 0 bridgehead atoms. The average Bonchev–Trinajstić information content (AvgIpc) is 2.61. The molecule has 1 aromatic carbocycles. The maximum Gasteiger partial charge on any atom is 0.338 e. The van der Waals surface area contributed by atoms with E-state index in [1.54, 1.807) is 0 Å². The van der Waals surface area contributed by atoms with Gasteiger partial charge in [-0.25, -0.2) is 4.79 Å². The molecule has 2 rings (SSSR count). The molecule has 1 aliphatic carbocycles. The number of nitrogens with zero attached hydrogens (tertiary/aromatic N) is 1. The molecule has 1 unspecified atom stereocenters. The number of esters is 1. The summed E-state index contributed by atoms with van der Waals surface area (Å²) in [4.78, 5) is 22.7. The predicted octanol–water partition coefficient (Wildman–Crippen LogP) is 4.15. The summed E-state index contributed by atoms with van der Waals surface area (Å²) in [6.45, 7) is 13.6. The van der Waals surface area contributed by atoms with E-state index in [1.165, 1.54) is 24.3 Å². The van der Waals surface area contributed by atoms with Crippen LogP contribution in [-0.4, -0.2) is 33.1 Å². The maximum absolute atomic E-state index is 12.4. The van der Waals surface area contributed by atoms with E-state index in [0.717, 1.165) is 12.8 Å². The number of nitro benzene ring substituents is 1. The van der Waals surface area contributed by atoms with Crippen LogP contribution in [0.5, 0.6) is 0 Å². The van der Waals surface area contributed by atoms with Crippen LogP contribution in [0.4, 0.5) is 5.69 Å².